The number of hydrogen-bond donors (Lipinski definition) is 1. The molecule has 0 unspecified atom stereocenters. The molecule has 1 aromatic carbocycles. The Morgan fingerprint density at radius 2 is 1.81 bits per heavy atom. The van der Waals surface area contributed by atoms with Crippen LogP contribution in [0.2, 0.25) is 0 Å². The smallest absolute Gasteiger partial charge is 0.408 e. The van der Waals surface area contributed by atoms with Gasteiger partial charge in [0.2, 0.25) is 5.91 Å². The van der Waals surface area contributed by atoms with E-state index in [0.29, 0.717) is 24.8 Å². The first-order valence-corrected chi connectivity index (χ1v) is 11.3. The molecular weight excluding hydrogens is 410 g/mol. The van der Waals surface area contributed by atoms with Crippen molar-refractivity contribution in [1.29, 1.82) is 0 Å². The van der Waals surface area contributed by atoms with Crippen LogP contribution in [0.4, 0.5) is 4.79 Å². The van der Waals surface area contributed by atoms with Crippen molar-refractivity contribution in [3.05, 3.63) is 29.8 Å². The van der Waals surface area contributed by atoms with Crippen molar-refractivity contribution in [3.8, 4) is 5.75 Å². The molecule has 0 spiro atoms. The van der Waals surface area contributed by atoms with Gasteiger partial charge in [-0.2, -0.15) is 0 Å². The second-order valence-corrected chi connectivity index (χ2v) is 9.68. The molecule has 0 aromatic heterocycles. The van der Waals surface area contributed by atoms with Gasteiger partial charge in [-0.3, -0.25) is 14.5 Å². The van der Waals surface area contributed by atoms with Gasteiger partial charge in [0.15, 0.2) is 5.78 Å². The lowest BCUT2D eigenvalue weighted by Crippen LogP contribution is -2.54. The summed E-state index contributed by atoms with van der Waals surface area (Å²) in [7, 11) is 0. The van der Waals surface area contributed by atoms with E-state index in [2.05, 4.69) is 10.2 Å². The molecular formula is C24H35N3O5. The highest BCUT2D eigenvalue weighted by molar-refractivity contribution is 5.94. The summed E-state index contributed by atoms with van der Waals surface area (Å²) in [6.45, 7) is 11.7. The maximum Gasteiger partial charge on any atom is 0.408 e. The molecule has 2 aliphatic rings. The van der Waals surface area contributed by atoms with Gasteiger partial charge in [-0.1, -0.05) is 0 Å². The standard InChI is InChI=1S/C24H35N3O5/c1-16(25-23(30)32-24(3,4)5)22(29)27-15-19-13-20(27)14-26(19)11-6-12-31-21-9-7-18(8-10-21)17(2)28/h7-10,16,19-20H,6,11-15H2,1-5H3,(H,25,30)/t16-,19+,20+/m0/s1. The van der Waals surface area contributed by atoms with Crippen molar-refractivity contribution in [2.45, 2.75) is 71.2 Å². The Hall–Kier alpha value is -2.61. The van der Waals surface area contributed by atoms with E-state index in [1.54, 1.807) is 46.8 Å². The van der Waals surface area contributed by atoms with Gasteiger partial charge in [0.05, 0.1) is 6.61 Å². The van der Waals surface area contributed by atoms with Crippen molar-refractivity contribution in [1.82, 2.24) is 15.1 Å². The highest BCUT2D eigenvalue weighted by Crippen LogP contribution is 2.31. The number of ketones is 1. The quantitative estimate of drug-likeness (QED) is 0.489. The van der Waals surface area contributed by atoms with Crippen molar-refractivity contribution in [3.63, 3.8) is 0 Å². The Morgan fingerprint density at radius 3 is 2.38 bits per heavy atom. The summed E-state index contributed by atoms with van der Waals surface area (Å²) in [5, 5.41) is 2.65. The van der Waals surface area contributed by atoms with Gasteiger partial charge < -0.3 is 19.7 Å². The number of fused-ring (bicyclic) bond motifs is 2. The number of amides is 2. The van der Waals surface area contributed by atoms with Gasteiger partial charge in [0.1, 0.15) is 17.4 Å². The number of benzene rings is 1. The number of nitrogens with zero attached hydrogens (tertiary/aromatic N) is 2. The Kier molecular flexibility index (Phi) is 7.44. The number of carbonyl (C=O) groups excluding carboxylic acids is 3. The van der Waals surface area contributed by atoms with E-state index in [-0.39, 0.29) is 17.7 Å². The number of nitrogens with one attached hydrogen (secondary N) is 1. The van der Waals surface area contributed by atoms with Crippen LogP contribution < -0.4 is 10.1 Å². The summed E-state index contributed by atoms with van der Waals surface area (Å²) in [5.74, 6) is 0.754. The predicted octanol–water partition coefficient (Wildman–Crippen LogP) is 2.86. The maximum atomic E-state index is 12.8. The monoisotopic (exact) mass is 445 g/mol. The first-order chi connectivity index (χ1) is 15.0. The number of hydrogen-bond acceptors (Lipinski definition) is 6. The zero-order chi connectivity index (χ0) is 23.5. The van der Waals surface area contributed by atoms with Crippen molar-refractivity contribution >= 4 is 17.8 Å². The minimum absolute atomic E-state index is 0.0446. The topological polar surface area (TPSA) is 88.2 Å². The highest BCUT2D eigenvalue weighted by Gasteiger charge is 2.45. The van der Waals surface area contributed by atoms with Gasteiger partial charge in [0, 0.05) is 37.3 Å². The zero-order valence-electron chi connectivity index (χ0n) is 19.7. The summed E-state index contributed by atoms with van der Waals surface area (Å²) >= 11 is 0. The van der Waals surface area contributed by atoms with Crippen molar-refractivity contribution in [2.24, 2.45) is 0 Å². The fourth-order valence-corrected chi connectivity index (χ4v) is 4.33. The van der Waals surface area contributed by atoms with Crippen LogP contribution in [0.1, 0.15) is 57.8 Å². The lowest BCUT2D eigenvalue weighted by molar-refractivity contribution is -0.135. The molecule has 0 aliphatic carbocycles. The number of ether oxygens (including phenoxy) is 2. The molecule has 3 atom stereocenters. The molecule has 32 heavy (non-hydrogen) atoms. The van der Waals surface area contributed by atoms with E-state index in [4.69, 9.17) is 9.47 Å². The Balaban J connectivity index is 1.38. The van der Waals surface area contributed by atoms with Crippen LogP contribution in [0.3, 0.4) is 0 Å². The third-order valence-corrected chi connectivity index (χ3v) is 5.86. The minimum atomic E-state index is -0.611. The predicted molar refractivity (Wildman–Crippen MR) is 121 cm³/mol. The van der Waals surface area contributed by atoms with Crippen LogP contribution in [0.15, 0.2) is 24.3 Å². The largest absolute Gasteiger partial charge is 0.494 e. The normalized spacial score (nSPS) is 21.3. The van der Waals surface area contributed by atoms with Gasteiger partial charge >= 0.3 is 6.09 Å². The molecule has 3 rings (SSSR count). The van der Waals surface area contributed by atoms with Crippen molar-refractivity contribution in [2.75, 3.05) is 26.2 Å². The molecule has 2 aliphatic heterocycles. The first-order valence-electron chi connectivity index (χ1n) is 11.3. The summed E-state index contributed by atoms with van der Waals surface area (Å²) in [5.41, 5.74) is 0.0852. The SMILES string of the molecule is CC(=O)c1ccc(OCCCN2C[C@H]3C[C@@H]2CN3C(=O)[C@H](C)NC(=O)OC(C)(C)C)cc1. The first kappa shape index (κ1) is 24.0. The van der Waals surface area contributed by atoms with Crippen LogP contribution in [0.25, 0.3) is 0 Å². The zero-order valence-corrected chi connectivity index (χ0v) is 19.7. The van der Waals surface area contributed by atoms with Crippen LogP contribution in [0.5, 0.6) is 5.75 Å². The summed E-state index contributed by atoms with van der Waals surface area (Å²) in [6.07, 6.45) is 1.29. The molecule has 1 N–H and O–H groups in total. The fraction of sp³-hybridized carbons (Fsp3) is 0.625. The van der Waals surface area contributed by atoms with Gasteiger partial charge in [-0.25, -0.2) is 4.79 Å². The van der Waals surface area contributed by atoms with E-state index in [0.717, 1.165) is 31.7 Å². The third kappa shape index (κ3) is 6.22. The van der Waals surface area contributed by atoms with Crippen LogP contribution in [-0.2, 0) is 9.53 Å². The highest BCUT2D eigenvalue weighted by atomic mass is 16.6. The van der Waals surface area contributed by atoms with E-state index >= 15 is 0 Å². The minimum Gasteiger partial charge on any atom is -0.494 e. The molecule has 2 bridgehead atoms. The number of carbonyl (C=O) groups is 3. The fourth-order valence-electron chi connectivity index (χ4n) is 4.33. The van der Waals surface area contributed by atoms with Crippen LogP contribution >= 0.6 is 0 Å². The second kappa shape index (κ2) is 9.90. The van der Waals surface area contributed by atoms with Gasteiger partial charge in [-0.05, 0) is 71.7 Å². The molecule has 2 fully saturated rings. The average Bonchev–Trinajstić information content (AvgIpc) is 3.30. The second-order valence-electron chi connectivity index (χ2n) is 9.68. The van der Waals surface area contributed by atoms with Crippen LogP contribution in [0, 0.1) is 0 Å². The average molecular weight is 446 g/mol. The molecule has 2 saturated heterocycles. The molecule has 2 heterocycles. The Labute approximate surface area is 190 Å². The molecule has 2 amide bonds. The molecule has 8 heteroatoms. The number of rotatable bonds is 8. The summed E-state index contributed by atoms with van der Waals surface area (Å²) < 4.78 is 11.0. The van der Waals surface area contributed by atoms with Gasteiger partial charge in [-0.15, -0.1) is 0 Å². The number of alkyl carbamates (subject to hydrolysis) is 1. The van der Waals surface area contributed by atoms with E-state index < -0.39 is 17.7 Å². The van der Waals surface area contributed by atoms with Crippen molar-refractivity contribution < 1.29 is 23.9 Å². The van der Waals surface area contributed by atoms with Crippen LogP contribution in [-0.4, -0.2) is 77.6 Å². The van der Waals surface area contributed by atoms with E-state index in [9.17, 15) is 14.4 Å². The molecule has 8 nitrogen and oxygen atoms in total. The molecule has 0 radical (unpaired) electrons. The summed E-state index contributed by atoms with van der Waals surface area (Å²) in [4.78, 5) is 40.4. The number of piperazine rings is 1. The van der Waals surface area contributed by atoms with E-state index in [1.807, 2.05) is 17.0 Å². The van der Waals surface area contributed by atoms with Gasteiger partial charge in [0.25, 0.3) is 0 Å². The maximum absolute atomic E-state index is 12.8. The Bertz CT molecular complexity index is 833. The third-order valence-electron chi connectivity index (χ3n) is 5.86. The molecule has 1 aromatic rings. The molecule has 0 saturated carbocycles. The molecule has 176 valence electrons. The summed E-state index contributed by atoms with van der Waals surface area (Å²) in [6, 6.07) is 7.14. The van der Waals surface area contributed by atoms with E-state index in [1.165, 1.54) is 0 Å². The lowest BCUT2D eigenvalue weighted by atomic mass is 10.1. The Morgan fingerprint density at radius 1 is 1.12 bits per heavy atom. The number of Topliss-reactive ketones (excluding diaryl/α,β-unsaturated/α-hetero) is 1. The number of likely N-dealkylation sites (tertiary alicyclic amines) is 2. The lowest BCUT2D eigenvalue weighted by Gasteiger charge is -2.35.